The third-order valence-electron chi connectivity index (χ3n) is 4.61. The van der Waals surface area contributed by atoms with Gasteiger partial charge in [-0.05, 0) is 29.7 Å². The number of halogens is 2. The maximum absolute atomic E-state index is 6.32. The highest BCUT2D eigenvalue weighted by Crippen LogP contribution is 2.39. The van der Waals surface area contributed by atoms with Crippen LogP contribution in [0.15, 0.2) is 23.4 Å². The SMILES string of the molecule is CCC[C@H]1Cc2c(sc3nc(SCc4ccc(Cl)cc4Cl)nc(N)c23)CO1. The van der Waals surface area contributed by atoms with Crippen LogP contribution in [0.25, 0.3) is 10.2 Å². The molecule has 0 saturated carbocycles. The molecule has 27 heavy (non-hydrogen) atoms. The first-order valence-electron chi connectivity index (χ1n) is 8.81. The van der Waals surface area contributed by atoms with Gasteiger partial charge in [0.25, 0.3) is 0 Å². The summed E-state index contributed by atoms with van der Waals surface area (Å²) in [4.78, 5) is 11.4. The van der Waals surface area contributed by atoms with Gasteiger partial charge in [0.05, 0.1) is 18.1 Å². The molecule has 1 aromatic carbocycles. The van der Waals surface area contributed by atoms with Gasteiger partial charge in [-0.3, -0.25) is 0 Å². The minimum absolute atomic E-state index is 0.265. The Morgan fingerprint density at radius 3 is 2.96 bits per heavy atom. The fourth-order valence-corrected chi connectivity index (χ4v) is 5.88. The Bertz CT molecular complexity index is 993. The highest BCUT2D eigenvalue weighted by Gasteiger charge is 2.25. The number of nitrogens with two attached hydrogens (primary N) is 1. The quantitative estimate of drug-likeness (QED) is 0.383. The Morgan fingerprint density at radius 2 is 2.19 bits per heavy atom. The molecule has 8 heteroatoms. The summed E-state index contributed by atoms with van der Waals surface area (Å²) in [5, 5.41) is 2.95. The van der Waals surface area contributed by atoms with Gasteiger partial charge in [-0.1, -0.05) is 54.4 Å². The Balaban J connectivity index is 1.59. The van der Waals surface area contributed by atoms with E-state index >= 15 is 0 Å². The lowest BCUT2D eigenvalue weighted by atomic mass is 10.0. The molecule has 1 aliphatic heterocycles. The molecule has 4 nitrogen and oxygen atoms in total. The minimum Gasteiger partial charge on any atom is -0.383 e. The molecule has 2 aromatic heterocycles. The van der Waals surface area contributed by atoms with Crippen LogP contribution in [0.2, 0.25) is 10.0 Å². The molecule has 3 aromatic rings. The monoisotopic (exact) mass is 439 g/mol. The first-order chi connectivity index (χ1) is 13.0. The maximum Gasteiger partial charge on any atom is 0.191 e. The largest absolute Gasteiger partial charge is 0.383 e. The van der Waals surface area contributed by atoms with E-state index in [1.807, 2.05) is 12.1 Å². The Labute approximate surface area is 176 Å². The van der Waals surface area contributed by atoms with Gasteiger partial charge in [-0.15, -0.1) is 11.3 Å². The van der Waals surface area contributed by atoms with Crippen molar-refractivity contribution in [1.82, 2.24) is 9.97 Å². The summed E-state index contributed by atoms with van der Waals surface area (Å²) in [5.74, 6) is 1.22. The van der Waals surface area contributed by atoms with Crippen LogP contribution in [-0.4, -0.2) is 16.1 Å². The number of nitrogen functional groups attached to an aromatic ring is 1. The molecule has 4 rings (SSSR count). The van der Waals surface area contributed by atoms with Gasteiger partial charge in [0.1, 0.15) is 10.6 Å². The number of nitrogens with zero attached hydrogens (tertiary/aromatic N) is 2. The molecule has 0 aliphatic carbocycles. The molecule has 1 atom stereocenters. The van der Waals surface area contributed by atoms with E-state index in [4.69, 9.17) is 38.7 Å². The van der Waals surface area contributed by atoms with Gasteiger partial charge in [0.15, 0.2) is 5.16 Å². The van der Waals surface area contributed by atoms with Crippen molar-refractivity contribution in [1.29, 1.82) is 0 Å². The van der Waals surface area contributed by atoms with E-state index in [0.29, 0.717) is 33.4 Å². The predicted molar refractivity (Wildman–Crippen MR) is 115 cm³/mol. The fraction of sp³-hybridized carbons (Fsp3) is 0.368. The first-order valence-corrected chi connectivity index (χ1v) is 11.4. The van der Waals surface area contributed by atoms with E-state index in [2.05, 4.69) is 11.9 Å². The van der Waals surface area contributed by atoms with Crippen molar-refractivity contribution in [2.45, 2.75) is 49.8 Å². The molecule has 2 N–H and O–H groups in total. The molecule has 0 bridgehead atoms. The van der Waals surface area contributed by atoms with Crippen LogP contribution in [0.3, 0.4) is 0 Å². The van der Waals surface area contributed by atoms with Gasteiger partial charge < -0.3 is 10.5 Å². The molecule has 0 unspecified atom stereocenters. The van der Waals surface area contributed by atoms with Crippen LogP contribution in [0, 0.1) is 0 Å². The second-order valence-electron chi connectivity index (χ2n) is 6.53. The molecule has 0 spiro atoms. The van der Waals surface area contributed by atoms with Crippen molar-refractivity contribution in [3.63, 3.8) is 0 Å². The molecule has 0 saturated heterocycles. The summed E-state index contributed by atoms with van der Waals surface area (Å²) >= 11 is 15.4. The first kappa shape index (κ1) is 19.3. The summed E-state index contributed by atoms with van der Waals surface area (Å²) in [5.41, 5.74) is 8.59. The summed E-state index contributed by atoms with van der Waals surface area (Å²) in [6, 6.07) is 5.51. The normalized spacial score (nSPS) is 16.6. The summed E-state index contributed by atoms with van der Waals surface area (Å²) in [6.45, 7) is 2.82. The van der Waals surface area contributed by atoms with Crippen molar-refractivity contribution in [3.8, 4) is 0 Å². The van der Waals surface area contributed by atoms with Gasteiger partial charge in [-0.2, -0.15) is 0 Å². The van der Waals surface area contributed by atoms with E-state index in [1.165, 1.54) is 22.2 Å². The third-order valence-corrected chi connectivity index (χ3v) is 7.19. The number of aromatic nitrogens is 2. The Hall–Kier alpha value is -1.05. The number of hydrogen-bond donors (Lipinski definition) is 1. The Morgan fingerprint density at radius 1 is 1.33 bits per heavy atom. The Kier molecular flexibility index (Phi) is 5.81. The second-order valence-corrected chi connectivity index (χ2v) is 9.40. The lowest BCUT2D eigenvalue weighted by Crippen LogP contribution is -2.21. The van der Waals surface area contributed by atoms with Crippen molar-refractivity contribution < 1.29 is 4.74 Å². The number of hydrogen-bond acceptors (Lipinski definition) is 6. The number of thiophene rings is 1. The van der Waals surface area contributed by atoms with E-state index in [0.717, 1.165) is 35.0 Å². The van der Waals surface area contributed by atoms with Crippen LogP contribution in [-0.2, 0) is 23.5 Å². The summed E-state index contributed by atoms with van der Waals surface area (Å²) in [7, 11) is 0. The number of ether oxygens (including phenoxy) is 1. The van der Waals surface area contributed by atoms with Crippen LogP contribution in [0.1, 0.15) is 35.8 Å². The predicted octanol–water partition coefficient (Wildman–Crippen LogP) is 6.11. The summed E-state index contributed by atoms with van der Waals surface area (Å²) < 4.78 is 5.96. The zero-order valence-corrected chi connectivity index (χ0v) is 17.9. The van der Waals surface area contributed by atoms with Crippen molar-refractivity contribution in [3.05, 3.63) is 44.2 Å². The van der Waals surface area contributed by atoms with Crippen LogP contribution in [0.5, 0.6) is 0 Å². The van der Waals surface area contributed by atoms with Crippen LogP contribution in [0.4, 0.5) is 5.82 Å². The zero-order valence-electron chi connectivity index (χ0n) is 14.8. The number of rotatable bonds is 5. The van der Waals surface area contributed by atoms with Gasteiger partial charge in [0, 0.05) is 27.1 Å². The topological polar surface area (TPSA) is 61.0 Å². The molecule has 3 heterocycles. The lowest BCUT2D eigenvalue weighted by molar-refractivity contribution is 0.0254. The van der Waals surface area contributed by atoms with Crippen LogP contribution >= 0.6 is 46.3 Å². The number of benzene rings is 1. The average molecular weight is 440 g/mol. The zero-order chi connectivity index (χ0) is 19.0. The minimum atomic E-state index is 0.265. The lowest BCUT2D eigenvalue weighted by Gasteiger charge is -2.22. The highest BCUT2D eigenvalue weighted by molar-refractivity contribution is 7.98. The number of thioether (sulfide) groups is 1. The smallest absolute Gasteiger partial charge is 0.191 e. The van der Waals surface area contributed by atoms with E-state index < -0.39 is 0 Å². The number of fused-ring (bicyclic) bond motifs is 3. The number of anilines is 1. The average Bonchev–Trinajstić information content (AvgIpc) is 2.99. The van der Waals surface area contributed by atoms with Crippen LogP contribution < -0.4 is 5.73 Å². The van der Waals surface area contributed by atoms with E-state index in [-0.39, 0.29) is 6.10 Å². The van der Waals surface area contributed by atoms with Crippen molar-refractivity contribution in [2.24, 2.45) is 0 Å². The van der Waals surface area contributed by atoms with Gasteiger partial charge in [0.2, 0.25) is 0 Å². The molecular weight excluding hydrogens is 421 g/mol. The molecule has 1 aliphatic rings. The molecular formula is C19H19Cl2N3OS2. The maximum atomic E-state index is 6.32. The highest BCUT2D eigenvalue weighted by atomic mass is 35.5. The van der Waals surface area contributed by atoms with Crippen molar-refractivity contribution >= 4 is 62.3 Å². The molecule has 0 fully saturated rings. The fourth-order valence-electron chi connectivity index (χ4n) is 3.28. The third kappa shape index (κ3) is 4.05. The second kappa shape index (κ2) is 8.13. The summed E-state index contributed by atoms with van der Waals surface area (Å²) in [6.07, 6.45) is 3.33. The molecule has 0 radical (unpaired) electrons. The molecule has 142 valence electrons. The van der Waals surface area contributed by atoms with E-state index in [9.17, 15) is 0 Å². The van der Waals surface area contributed by atoms with Crippen molar-refractivity contribution in [2.75, 3.05) is 5.73 Å². The molecule has 0 amide bonds. The van der Waals surface area contributed by atoms with Gasteiger partial charge >= 0.3 is 0 Å². The van der Waals surface area contributed by atoms with Gasteiger partial charge in [-0.25, -0.2) is 9.97 Å². The standard InChI is InChI=1S/C19H19Cl2N3OS2/c1-2-3-12-7-13-15(8-25-12)27-18-16(13)17(22)23-19(24-18)26-9-10-4-5-11(20)6-14(10)21/h4-6,12H,2-3,7-9H2,1H3,(H2,22,23,24)/t12-/m0/s1. The van der Waals surface area contributed by atoms with E-state index in [1.54, 1.807) is 17.4 Å².